The quantitative estimate of drug-likeness (QED) is 0.870. The summed E-state index contributed by atoms with van der Waals surface area (Å²) in [7, 11) is -3.41. The minimum Gasteiger partial charge on any atom is -0.265 e. The van der Waals surface area contributed by atoms with Crippen LogP contribution >= 0.6 is 0 Å². The predicted octanol–water partition coefficient (Wildman–Crippen LogP) is 2.28. The highest BCUT2D eigenvalue weighted by atomic mass is 32.2. The number of amidine groups is 1. The van der Waals surface area contributed by atoms with Crippen molar-refractivity contribution in [2.75, 3.05) is 13.1 Å². The van der Waals surface area contributed by atoms with Crippen molar-refractivity contribution in [2.24, 2.45) is 4.99 Å². The molecule has 5 heteroatoms. The topological polar surface area (TPSA) is 49.7 Å². The molecule has 0 aliphatic carbocycles. The minimum atomic E-state index is -3.41. The van der Waals surface area contributed by atoms with Gasteiger partial charge in [0.25, 0.3) is 0 Å². The second-order valence-corrected chi connectivity index (χ2v) is 6.78. The van der Waals surface area contributed by atoms with E-state index in [4.69, 9.17) is 0 Å². The summed E-state index contributed by atoms with van der Waals surface area (Å²) in [5.74, 6) is 0.547. The first kappa shape index (κ1) is 13.8. The lowest BCUT2D eigenvalue weighted by Gasteiger charge is -2.20. The molecule has 1 heterocycles. The van der Waals surface area contributed by atoms with Crippen molar-refractivity contribution < 1.29 is 8.42 Å². The van der Waals surface area contributed by atoms with E-state index in [-0.39, 0.29) is 5.75 Å². The molecule has 0 amide bonds. The molecule has 0 unspecified atom stereocenters. The van der Waals surface area contributed by atoms with Gasteiger partial charge in [-0.1, -0.05) is 60.7 Å². The van der Waals surface area contributed by atoms with Gasteiger partial charge >= 0.3 is 0 Å². The van der Waals surface area contributed by atoms with Crippen LogP contribution in [0.2, 0.25) is 0 Å². The molecule has 108 valence electrons. The molecule has 0 saturated heterocycles. The zero-order valence-corrected chi connectivity index (χ0v) is 12.3. The van der Waals surface area contributed by atoms with E-state index in [1.807, 2.05) is 60.7 Å². The third-order valence-corrected chi connectivity index (χ3v) is 5.09. The highest BCUT2D eigenvalue weighted by molar-refractivity contribution is 7.88. The molecule has 3 rings (SSSR count). The normalized spacial score (nSPS) is 15.0. The Morgan fingerprint density at radius 2 is 1.57 bits per heavy atom. The molecule has 0 aromatic heterocycles. The number of hydrogen-bond acceptors (Lipinski definition) is 3. The van der Waals surface area contributed by atoms with E-state index in [1.54, 1.807) is 0 Å². The maximum atomic E-state index is 12.6. The monoisotopic (exact) mass is 300 g/mol. The lowest BCUT2D eigenvalue weighted by atomic mass is 10.2. The first-order chi connectivity index (χ1) is 10.2. The van der Waals surface area contributed by atoms with Crippen LogP contribution in [0.1, 0.15) is 11.1 Å². The predicted molar refractivity (Wildman–Crippen MR) is 83.6 cm³/mol. The highest BCUT2D eigenvalue weighted by Crippen LogP contribution is 2.18. The van der Waals surface area contributed by atoms with Gasteiger partial charge in [0.15, 0.2) is 0 Å². The van der Waals surface area contributed by atoms with Crippen LogP contribution in [-0.4, -0.2) is 31.6 Å². The lowest BCUT2D eigenvalue weighted by molar-refractivity contribution is 0.537. The summed E-state index contributed by atoms with van der Waals surface area (Å²) >= 11 is 0. The fraction of sp³-hybridized carbons (Fsp3) is 0.188. The Balaban J connectivity index is 1.87. The average Bonchev–Trinajstić information content (AvgIpc) is 2.99. The van der Waals surface area contributed by atoms with Gasteiger partial charge in [-0.25, -0.2) is 8.42 Å². The second-order valence-electron chi connectivity index (χ2n) is 4.89. The van der Waals surface area contributed by atoms with E-state index in [2.05, 4.69) is 4.99 Å². The standard InChI is InChI=1S/C16H16N2O2S/c19-21(20,13-14-7-3-1-4-8-14)18-12-11-17-16(18)15-9-5-2-6-10-15/h1-10H,11-13H2. The molecule has 2 aromatic rings. The minimum absolute atomic E-state index is 0.000304. The smallest absolute Gasteiger partial charge is 0.240 e. The van der Waals surface area contributed by atoms with Crippen molar-refractivity contribution in [3.63, 3.8) is 0 Å². The van der Waals surface area contributed by atoms with Gasteiger partial charge in [-0.15, -0.1) is 0 Å². The summed E-state index contributed by atoms with van der Waals surface area (Å²) in [6, 6.07) is 18.7. The molecule has 0 radical (unpaired) electrons. The Hall–Kier alpha value is -2.14. The van der Waals surface area contributed by atoms with Crippen molar-refractivity contribution in [3.05, 3.63) is 71.8 Å². The fourth-order valence-electron chi connectivity index (χ4n) is 2.39. The van der Waals surface area contributed by atoms with E-state index in [0.717, 1.165) is 11.1 Å². The maximum Gasteiger partial charge on any atom is 0.240 e. The Kier molecular flexibility index (Phi) is 3.75. The van der Waals surface area contributed by atoms with Crippen LogP contribution in [0.3, 0.4) is 0 Å². The van der Waals surface area contributed by atoms with Crippen LogP contribution in [0, 0.1) is 0 Å². The van der Waals surface area contributed by atoms with Crippen LogP contribution in [0.4, 0.5) is 0 Å². The number of rotatable bonds is 4. The summed E-state index contributed by atoms with van der Waals surface area (Å²) in [6.45, 7) is 0.928. The van der Waals surface area contributed by atoms with Crippen molar-refractivity contribution in [1.29, 1.82) is 0 Å². The van der Waals surface area contributed by atoms with Crippen molar-refractivity contribution in [1.82, 2.24) is 4.31 Å². The summed E-state index contributed by atoms with van der Waals surface area (Å²) in [4.78, 5) is 4.36. The fourth-order valence-corrected chi connectivity index (χ4v) is 3.94. The summed E-state index contributed by atoms with van der Waals surface area (Å²) < 4.78 is 26.7. The van der Waals surface area contributed by atoms with Crippen molar-refractivity contribution >= 4 is 15.9 Å². The van der Waals surface area contributed by atoms with Crippen molar-refractivity contribution in [3.8, 4) is 0 Å². The van der Waals surface area contributed by atoms with Gasteiger partial charge in [0.2, 0.25) is 10.0 Å². The van der Waals surface area contributed by atoms with E-state index in [0.29, 0.717) is 18.9 Å². The van der Waals surface area contributed by atoms with E-state index in [9.17, 15) is 8.42 Å². The average molecular weight is 300 g/mol. The molecule has 0 bridgehead atoms. The summed E-state index contributed by atoms with van der Waals surface area (Å²) in [6.07, 6.45) is 0. The van der Waals surface area contributed by atoms with E-state index < -0.39 is 10.0 Å². The molecule has 0 atom stereocenters. The summed E-state index contributed by atoms with van der Waals surface area (Å²) in [5.41, 5.74) is 1.63. The van der Waals surface area contributed by atoms with Gasteiger partial charge < -0.3 is 0 Å². The van der Waals surface area contributed by atoms with Gasteiger partial charge in [0.1, 0.15) is 5.84 Å². The molecule has 4 nitrogen and oxygen atoms in total. The molecule has 2 aromatic carbocycles. The molecular formula is C16H16N2O2S. The molecule has 21 heavy (non-hydrogen) atoms. The van der Waals surface area contributed by atoms with Crippen LogP contribution in [-0.2, 0) is 15.8 Å². The van der Waals surface area contributed by atoms with Crippen LogP contribution < -0.4 is 0 Å². The number of nitrogens with zero attached hydrogens (tertiary/aromatic N) is 2. The first-order valence-corrected chi connectivity index (χ1v) is 8.42. The SMILES string of the molecule is O=S(=O)(Cc1ccccc1)N1CCN=C1c1ccccc1. The van der Waals surface area contributed by atoms with E-state index in [1.165, 1.54) is 4.31 Å². The number of benzene rings is 2. The van der Waals surface area contributed by atoms with Crippen LogP contribution in [0.25, 0.3) is 0 Å². The second kappa shape index (κ2) is 5.69. The molecule has 1 aliphatic rings. The third-order valence-electron chi connectivity index (χ3n) is 3.36. The first-order valence-electron chi connectivity index (χ1n) is 6.81. The van der Waals surface area contributed by atoms with Crippen LogP contribution in [0.5, 0.6) is 0 Å². The number of hydrogen-bond donors (Lipinski definition) is 0. The molecule has 1 aliphatic heterocycles. The highest BCUT2D eigenvalue weighted by Gasteiger charge is 2.29. The maximum absolute atomic E-state index is 12.6. The Labute approximate surface area is 124 Å². The Morgan fingerprint density at radius 1 is 0.952 bits per heavy atom. The molecule has 0 spiro atoms. The summed E-state index contributed by atoms with van der Waals surface area (Å²) in [5, 5.41) is 0. The number of sulfonamides is 1. The largest absolute Gasteiger partial charge is 0.265 e. The zero-order chi connectivity index (χ0) is 14.7. The zero-order valence-electron chi connectivity index (χ0n) is 11.5. The molecular weight excluding hydrogens is 284 g/mol. The lowest BCUT2D eigenvalue weighted by Crippen LogP contribution is -2.35. The van der Waals surface area contributed by atoms with Gasteiger partial charge in [0, 0.05) is 5.56 Å². The van der Waals surface area contributed by atoms with Gasteiger partial charge in [-0.05, 0) is 5.56 Å². The Morgan fingerprint density at radius 3 is 2.24 bits per heavy atom. The number of aliphatic imine (C=N–C) groups is 1. The van der Waals surface area contributed by atoms with Crippen LogP contribution in [0.15, 0.2) is 65.7 Å². The Bertz CT molecular complexity index is 740. The molecule has 0 N–H and O–H groups in total. The van der Waals surface area contributed by atoms with Gasteiger partial charge in [-0.2, -0.15) is 0 Å². The van der Waals surface area contributed by atoms with Gasteiger partial charge in [-0.3, -0.25) is 9.30 Å². The molecule has 0 saturated carbocycles. The van der Waals surface area contributed by atoms with Crippen molar-refractivity contribution in [2.45, 2.75) is 5.75 Å². The van der Waals surface area contributed by atoms with E-state index >= 15 is 0 Å². The third kappa shape index (κ3) is 2.97. The van der Waals surface area contributed by atoms with Gasteiger partial charge in [0.05, 0.1) is 18.8 Å². The molecule has 0 fully saturated rings.